The zero-order valence-electron chi connectivity index (χ0n) is 14.1. The first-order valence-electron chi connectivity index (χ1n) is 7.63. The van der Waals surface area contributed by atoms with Crippen LogP contribution < -0.4 is 15.8 Å². The van der Waals surface area contributed by atoms with E-state index in [1.54, 1.807) is 4.90 Å². The van der Waals surface area contributed by atoms with E-state index in [1.807, 2.05) is 0 Å². The molecule has 2 atom stereocenters. The third-order valence-corrected chi connectivity index (χ3v) is 5.28. The van der Waals surface area contributed by atoms with Gasteiger partial charge in [0.05, 0.1) is 10.9 Å². The molecule has 0 bridgehead atoms. The van der Waals surface area contributed by atoms with Gasteiger partial charge in [-0.05, 0) is 37.6 Å². The number of carbonyl (C=O) groups is 2. The van der Waals surface area contributed by atoms with Crippen LogP contribution in [0.25, 0.3) is 0 Å². The first-order valence-corrected chi connectivity index (χ1v) is 9.11. The first kappa shape index (κ1) is 21.4. The number of nitrogens with one attached hydrogen (secondary N) is 2. The predicted molar refractivity (Wildman–Crippen MR) is 96.9 cm³/mol. The van der Waals surface area contributed by atoms with Gasteiger partial charge in [0.1, 0.15) is 0 Å². The molecule has 1 aromatic rings. The van der Waals surface area contributed by atoms with Crippen LogP contribution in [0.5, 0.6) is 0 Å². The van der Waals surface area contributed by atoms with Crippen molar-refractivity contribution in [2.45, 2.75) is 37.2 Å². The highest BCUT2D eigenvalue weighted by molar-refractivity contribution is 7.89. The van der Waals surface area contributed by atoms with Gasteiger partial charge in [-0.1, -0.05) is 0 Å². The number of rotatable bonds is 5. The standard InChI is InChI=1S/C15H22N4O4S.ClH/c1-10(15(21)19-8-7-12(16)9-19)18-24(22,23)14-5-3-13(4-6-14)17-11(2)20;/h3-6,10,12,18H,7-9,16H2,1-2H3,(H,17,20);1H/t10?,12-;/m1./s1. The summed E-state index contributed by atoms with van der Waals surface area (Å²) in [4.78, 5) is 24.8. The van der Waals surface area contributed by atoms with Gasteiger partial charge >= 0.3 is 0 Å². The number of carbonyl (C=O) groups excluding carboxylic acids is 2. The molecule has 1 aliphatic heterocycles. The molecule has 10 heteroatoms. The van der Waals surface area contributed by atoms with E-state index in [0.717, 1.165) is 6.42 Å². The lowest BCUT2D eigenvalue weighted by Crippen LogP contribution is -2.46. The average molecular weight is 391 g/mol. The quantitative estimate of drug-likeness (QED) is 0.667. The fourth-order valence-corrected chi connectivity index (χ4v) is 3.73. The lowest BCUT2D eigenvalue weighted by atomic mass is 10.3. The Kier molecular flexibility index (Phi) is 7.36. The normalized spacial score (nSPS) is 18.4. The monoisotopic (exact) mass is 390 g/mol. The van der Waals surface area contributed by atoms with Crippen molar-refractivity contribution in [1.29, 1.82) is 0 Å². The van der Waals surface area contributed by atoms with Crippen molar-refractivity contribution in [3.8, 4) is 0 Å². The van der Waals surface area contributed by atoms with Crippen LogP contribution in [0.15, 0.2) is 29.2 Å². The van der Waals surface area contributed by atoms with Crippen molar-refractivity contribution in [3.05, 3.63) is 24.3 Å². The van der Waals surface area contributed by atoms with Crippen LogP contribution in [-0.2, 0) is 19.6 Å². The van der Waals surface area contributed by atoms with Gasteiger partial charge in [0.25, 0.3) is 0 Å². The summed E-state index contributed by atoms with van der Waals surface area (Å²) in [5, 5.41) is 2.56. The van der Waals surface area contributed by atoms with Gasteiger partial charge in [-0.15, -0.1) is 12.4 Å². The molecule has 0 saturated carbocycles. The molecule has 1 heterocycles. The molecule has 1 unspecified atom stereocenters. The van der Waals surface area contributed by atoms with Crippen LogP contribution in [-0.4, -0.2) is 50.3 Å². The summed E-state index contributed by atoms with van der Waals surface area (Å²) in [5.74, 6) is -0.534. The maximum atomic E-state index is 12.4. The van der Waals surface area contributed by atoms with Gasteiger partial charge in [0, 0.05) is 31.7 Å². The Balaban J connectivity index is 0.00000312. The number of hydrogen-bond acceptors (Lipinski definition) is 5. The van der Waals surface area contributed by atoms with Crippen molar-refractivity contribution in [3.63, 3.8) is 0 Å². The van der Waals surface area contributed by atoms with E-state index in [0.29, 0.717) is 18.8 Å². The number of likely N-dealkylation sites (tertiary alicyclic amines) is 1. The Hall–Kier alpha value is -1.68. The molecule has 0 spiro atoms. The molecular formula is C15H23ClN4O4S. The van der Waals surface area contributed by atoms with E-state index < -0.39 is 16.1 Å². The molecule has 2 rings (SSSR count). The molecule has 1 saturated heterocycles. The summed E-state index contributed by atoms with van der Waals surface area (Å²) in [5.41, 5.74) is 6.26. The number of nitrogens with two attached hydrogens (primary N) is 1. The number of sulfonamides is 1. The van der Waals surface area contributed by atoms with Gasteiger partial charge in [-0.3, -0.25) is 9.59 Å². The second-order valence-electron chi connectivity index (χ2n) is 5.88. The second-order valence-corrected chi connectivity index (χ2v) is 7.60. The fraction of sp³-hybridized carbons (Fsp3) is 0.467. The molecule has 140 valence electrons. The van der Waals surface area contributed by atoms with Crippen LogP contribution in [0.4, 0.5) is 5.69 Å². The summed E-state index contributed by atoms with van der Waals surface area (Å²) in [6.45, 7) is 3.85. The first-order chi connectivity index (χ1) is 11.2. The Bertz CT molecular complexity index is 724. The third kappa shape index (κ3) is 5.67. The average Bonchev–Trinajstić information content (AvgIpc) is 2.92. The van der Waals surface area contributed by atoms with Crippen molar-refractivity contribution < 1.29 is 18.0 Å². The summed E-state index contributed by atoms with van der Waals surface area (Å²) in [7, 11) is -3.83. The Morgan fingerprint density at radius 3 is 2.36 bits per heavy atom. The second kappa shape index (κ2) is 8.61. The molecule has 0 aromatic heterocycles. The molecule has 1 fully saturated rings. The van der Waals surface area contributed by atoms with E-state index in [1.165, 1.54) is 38.1 Å². The lowest BCUT2D eigenvalue weighted by Gasteiger charge is -2.21. The molecule has 4 N–H and O–H groups in total. The number of nitrogens with zero attached hydrogens (tertiary/aromatic N) is 1. The van der Waals surface area contributed by atoms with E-state index in [4.69, 9.17) is 5.73 Å². The number of amides is 2. The van der Waals surface area contributed by atoms with E-state index in [2.05, 4.69) is 10.0 Å². The van der Waals surface area contributed by atoms with E-state index >= 15 is 0 Å². The molecule has 1 aliphatic rings. The Morgan fingerprint density at radius 1 is 1.28 bits per heavy atom. The summed E-state index contributed by atoms with van der Waals surface area (Å²) in [6, 6.07) is 4.78. The highest BCUT2D eigenvalue weighted by atomic mass is 35.5. The van der Waals surface area contributed by atoms with Crippen LogP contribution in [0.3, 0.4) is 0 Å². The van der Waals surface area contributed by atoms with Crippen molar-refractivity contribution in [2.24, 2.45) is 5.73 Å². The van der Waals surface area contributed by atoms with Crippen molar-refractivity contribution >= 4 is 39.9 Å². The number of anilines is 1. The molecule has 0 radical (unpaired) electrons. The van der Waals surface area contributed by atoms with Gasteiger partial charge in [-0.25, -0.2) is 8.42 Å². The number of hydrogen-bond donors (Lipinski definition) is 3. The number of halogens is 1. The van der Waals surface area contributed by atoms with E-state index in [-0.39, 0.29) is 35.2 Å². The Labute approximate surface area is 153 Å². The minimum absolute atomic E-state index is 0. The molecule has 1 aromatic carbocycles. The van der Waals surface area contributed by atoms with Crippen molar-refractivity contribution in [2.75, 3.05) is 18.4 Å². The fourth-order valence-electron chi connectivity index (χ4n) is 2.53. The summed E-state index contributed by atoms with van der Waals surface area (Å²) < 4.78 is 27.1. The van der Waals surface area contributed by atoms with Crippen LogP contribution in [0, 0.1) is 0 Å². The third-order valence-electron chi connectivity index (χ3n) is 3.72. The highest BCUT2D eigenvalue weighted by Crippen LogP contribution is 2.15. The van der Waals surface area contributed by atoms with Gasteiger partial charge in [0.2, 0.25) is 21.8 Å². The molecular weight excluding hydrogens is 368 g/mol. The summed E-state index contributed by atoms with van der Waals surface area (Å²) >= 11 is 0. The molecule has 25 heavy (non-hydrogen) atoms. The van der Waals surface area contributed by atoms with Crippen LogP contribution >= 0.6 is 12.4 Å². The topological polar surface area (TPSA) is 122 Å². The van der Waals surface area contributed by atoms with Gasteiger partial charge < -0.3 is 16.0 Å². The smallest absolute Gasteiger partial charge is 0.241 e. The Morgan fingerprint density at radius 2 is 1.88 bits per heavy atom. The number of benzene rings is 1. The molecule has 8 nitrogen and oxygen atoms in total. The summed E-state index contributed by atoms with van der Waals surface area (Å²) in [6.07, 6.45) is 0.718. The van der Waals surface area contributed by atoms with Crippen molar-refractivity contribution in [1.82, 2.24) is 9.62 Å². The zero-order chi connectivity index (χ0) is 17.9. The zero-order valence-corrected chi connectivity index (χ0v) is 15.7. The maximum Gasteiger partial charge on any atom is 0.241 e. The van der Waals surface area contributed by atoms with E-state index in [9.17, 15) is 18.0 Å². The van der Waals surface area contributed by atoms with Crippen LogP contribution in [0.1, 0.15) is 20.3 Å². The van der Waals surface area contributed by atoms with Gasteiger partial charge in [-0.2, -0.15) is 4.72 Å². The largest absolute Gasteiger partial charge is 0.340 e. The predicted octanol–water partition coefficient (Wildman–Crippen LogP) is 0.293. The molecule has 0 aliphatic carbocycles. The lowest BCUT2D eigenvalue weighted by molar-refractivity contribution is -0.131. The minimum Gasteiger partial charge on any atom is -0.340 e. The highest BCUT2D eigenvalue weighted by Gasteiger charge is 2.29. The van der Waals surface area contributed by atoms with Crippen LogP contribution in [0.2, 0.25) is 0 Å². The maximum absolute atomic E-state index is 12.4. The minimum atomic E-state index is -3.83. The SMILES string of the molecule is CC(=O)Nc1ccc(S(=O)(=O)NC(C)C(=O)N2CC[C@@H](N)C2)cc1.Cl. The molecule has 2 amide bonds. The van der Waals surface area contributed by atoms with Gasteiger partial charge in [0.15, 0.2) is 0 Å².